The van der Waals surface area contributed by atoms with E-state index < -0.39 is 0 Å². The van der Waals surface area contributed by atoms with Crippen LogP contribution < -0.4 is 0 Å². The number of esters is 1. The number of fused-ring (bicyclic) bond motifs is 1. The van der Waals surface area contributed by atoms with Crippen molar-refractivity contribution in [2.24, 2.45) is 7.05 Å². The van der Waals surface area contributed by atoms with Gasteiger partial charge in [0.2, 0.25) is 0 Å². The van der Waals surface area contributed by atoms with E-state index in [0.717, 1.165) is 16.5 Å². The van der Waals surface area contributed by atoms with Gasteiger partial charge in [-0.1, -0.05) is 0 Å². The molecular weight excluding hydrogens is 209 g/mol. The van der Waals surface area contributed by atoms with Crippen molar-refractivity contribution in [3.63, 3.8) is 0 Å². The Morgan fingerprint density at radius 3 is 2.94 bits per heavy atom. The van der Waals surface area contributed by atoms with Crippen LogP contribution in [0, 0.1) is 5.82 Å². The molecule has 1 aromatic heterocycles. The van der Waals surface area contributed by atoms with Crippen molar-refractivity contribution in [3.05, 3.63) is 35.8 Å². The zero-order valence-corrected chi connectivity index (χ0v) is 9.16. The van der Waals surface area contributed by atoms with Crippen LogP contribution >= 0.6 is 0 Å². The molecule has 84 valence electrons. The number of rotatable bonds is 2. The van der Waals surface area contributed by atoms with Gasteiger partial charge in [-0.3, -0.25) is 4.79 Å². The molecule has 0 unspecified atom stereocenters. The summed E-state index contributed by atoms with van der Waals surface area (Å²) < 4.78 is 19.6. The van der Waals surface area contributed by atoms with E-state index in [4.69, 9.17) is 0 Å². The minimum Gasteiger partial charge on any atom is -0.469 e. The number of methoxy groups -OCH3 is 1. The van der Waals surface area contributed by atoms with Gasteiger partial charge >= 0.3 is 5.97 Å². The molecule has 0 saturated heterocycles. The maximum absolute atomic E-state index is 13.1. The van der Waals surface area contributed by atoms with Gasteiger partial charge in [0.1, 0.15) is 5.82 Å². The highest BCUT2D eigenvalue weighted by Crippen LogP contribution is 2.22. The van der Waals surface area contributed by atoms with Crippen LogP contribution in [0.1, 0.15) is 5.56 Å². The van der Waals surface area contributed by atoms with Gasteiger partial charge in [-0.05, 0) is 23.8 Å². The van der Waals surface area contributed by atoms with Crippen molar-refractivity contribution < 1.29 is 13.9 Å². The lowest BCUT2D eigenvalue weighted by molar-refractivity contribution is -0.139. The number of carbonyl (C=O) groups is 1. The molecular formula is C12H12FNO2. The van der Waals surface area contributed by atoms with E-state index in [1.165, 1.54) is 19.2 Å². The number of benzene rings is 1. The van der Waals surface area contributed by atoms with Gasteiger partial charge in [0.15, 0.2) is 0 Å². The summed E-state index contributed by atoms with van der Waals surface area (Å²) in [5, 5.41) is 0.757. The predicted molar refractivity (Wildman–Crippen MR) is 58.6 cm³/mol. The average molecular weight is 221 g/mol. The molecule has 0 spiro atoms. The summed E-state index contributed by atoms with van der Waals surface area (Å²) in [4.78, 5) is 11.2. The highest BCUT2D eigenvalue weighted by Gasteiger charge is 2.11. The van der Waals surface area contributed by atoms with Crippen molar-refractivity contribution in [1.82, 2.24) is 4.57 Å². The van der Waals surface area contributed by atoms with Gasteiger partial charge in [0.25, 0.3) is 0 Å². The van der Waals surface area contributed by atoms with Crippen molar-refractivity contribution >= 4 is 16.9 Å². The van der Waals surface area contributed by atoms with E-state index in [-0.39, 0.29) is 18.2 Å². The molecule has 1 aromatic carbocycles. The molecule has 0 radical (unpaired) electrons. The minimum absolute atomic E-state index is 0.164. The molecule has 0 bridgehead atoms. The van der Waals surface area contributed by atoms with E-state index in [1.54, 1.807) is 6.07 Å². The van der Waals surface area contributed by atoms with Crippen molar-refractivity contribution in [3.8, 4) is 0 Å². The molecule has 0 aliphatic rings. The second-order valence-corrected chi connectivity index (χ2v) is 3.68. The first-order valence-electron chi connectivity index (χ1n) is 4.92. The largest absolute Gasteiger partial charge is 0.469 e. The number of hydrogen-bond donors (Lipinski definition) is 0. The first kappa shape index (κ1) is 10.7. The summed E-state index contributed by atoms with van der Waals surface area (Å²) in [7, 11) is 3.20. The predicted octanol–water partition coefficient (Wildman–Crippen LogP) is 2.03. The average Bonchev–Trinajstić information content (AvgIpc) is 2.55. The first-order chi connectivity index (χ1) is 7.61. The fourth-order valence-electron chi connectivity index (χ4n) is 1.81. The smallest absolute Gasteiger partial charge is 0.310 e. The minimum atomic E-state index is -0.322. The number of aryl methyl sites for hydroxylation is 1. The molecule has 0 atom stereocenters. The molecule has 1 heterocycles. The summed E-state index contributed by atoms with van der Waals surface area (Å²) in [5.74, 6) is -0.624. The summed E-state index contributed by atoms with van der Waals surface area (Å²) in [6, 6.07) is 4.54. The molecule has 0 amide bonds. The normalized spacial score (nSPS) is 10.7. The zero-order chi connectivity index (χ0) is 11.7. The molecule has 2 rings (SSSR count). The van der Waals surface area contributed by atoms with Gasteiger partial charge in [-0.15, -0.1) is 0 Å². The molecule has 0 saturated carbocycles. The second kappa shape index (κ2) is 3.96. The van der Waals surface area contributed by atoms with Crippen LogP contribution in [0.5, 0.6) is 0 Å². The lowest BCUT2D eigenvalue weighted by Crippen LogP contribution is -2.03. The molecule has 0 fully saturated rings. The monoisotopic (exact) mass is 221 g/mol. The van der Waals surface area contributed by atoms with Crippen molar-refractivity contribution in [1.29, 1.82) is 0 Å². The Hall–Kier alpha value is -1.84. The SMILES string of the molecule is COC(=O)Cc1cn(C)c2ccc(F)cc12. The van der Waals surface area contributed by atoms with E-state index in [2.05, 4.69) is 4.74 Å². The van der Waals surface area contributed by atoms with Gasteiger partial charge in [-0.2, -0.15) is 0 Å². The highest BCUT2D eigenvalue weighted by molar-refractivity contribution is 5.87. The Labute approximate surface area is 92.4 Å². The lowest BCUT2D eigenvalue weighted by Gasteiger charge is -1.98. The third-order valence-electron chi connectivity index (χ3n) is 2.60. The van der Waals surface area contributed by atoms with Gasteiger partial charge in [0.05, 0.1) is 13.5 Å². The summed E-state index contributed by atoms with van der Waals surface area (Å²) >= 11 is 0. The third kappa shape index (κ3) is 1.78. The number of hydrogen-bond acceptors (Lipinski definition) is 2. The zero-order valence-electron chi connectivity index (χ0n) is 9.16. The van der Waals surface area contributed by atoms with Crippen LogP contribution in [0.3, 0.4) is 0 Å². The number of aromatic nitrogens is 1. The number of carbonyl (C=O) groups excluding carboxylic acids is 1. The maximum Gasteiger partial charge on any atom is 0.310 e. The summed E-state index contributed by atoms with van der Waals surface area (Å²) in [5.41, 5.74) is 1.68. The number of nitrogens with zero attached hydrogens (tertiary/aromatic N) is 1. The van der Waals surface area contributed by atoms with E-state index in [9.17, 15) is 9.18 Å². The Morgan fingerprint density at radius 1 is 1.50 bits per heavy atom. The van der Waals surface area contributed by atoms with Gasteiger partial charge in [0, 0.05) is 24.1 Å². The van der Waals surface area contributed by atoms with Crippen LogP contribution in [-0.2, 0) is 23.0 Å². The van der Waals surface area contributed by atoms with Crippen molar-refractivity contribution in [2.45, 2.75) is 6.42 Å². The van der Waals surface area contributed by atoms with Crippen LogP contribution in [-0.4, -0.2) is 17.6 Å². The number of halogens is 1. The standard InChI is InChI=1S/C12H12FNO2/c1-14-7-8(5-12(15)16-2)10-6-9(13)3-4-11(10)14/h3-4,6-7H,5H2,1-2H3. The maximum atomic E-state index is 13.1. The Morgan fingerprint density at radius 2 is 2.25 bits per heavy atom. The number of ether oxygens (including phenoxy) is 1. The Balaban J connectivity index is 2.52. The molecule has 2 aromatic rings. The molecule has 3 nitrogen and oxygen atoms in total. The van der Waals surface area contributed by atoms with Gasteiger partial charge < -0.3 is 9.30 Å². The molecule has 0 N–H and O–H groups in total. The lowest BCUT2D eigenvalue weighted by atomic mass is 10.1. The molecule has 0 aliphatic carbocycles. The third-order valence-corrected chi connectivity index (χ3v) is 2.60. The quantitative estimate of drug-likeness (QED) is 0.726. The van der Waals surface area contributed by atoms with Crippen LogP contribution in [0.25, 0.3) is 10.9 Å². The fourth-order valence-corrected chi connectivity index (χ4v) is 1.81. The Kier molecular flexibility index (Phi) is 2.64. The first-order valence-corrected chi connectivity index (χ1v) is 4.92. The van der Waals surface area contributed by atoms with Gasteiger partial charge in [-0.25, -0.2) is 4.39 Å². The van der Waals surface area contributed by atoms with Crippen LogP contribution in [0.4, 0.5) is 4.39 Å². The van der Waals surface area contributed by atoms with Crippen LogP contribution in [0.15, 0.2) is 24.4 Å². The summed E-state index contributed by atoms with van der Waals surface area (Å²) in [6.45, 7) is 0. The topological polar surface area (TPSA) is 31.2 Å². The fraction of sp³-hybridized carbons (Fsp3) is 0.250. The molecule has 0 aliphatic heterocycles. The highest BCUT2D eigenvalue weighted by atomic mass is 19.1. The van der Waals surface area contributed by atoms with Crippen LogP contribution in [0.2, 0.25) is 0 Å². The molecule has 16 heavy (non-hydrogen) atoms. The second-order valence-electron chi connectivity index (χ2n) is 3.68. The Bertz CT molecular complexity index is 545. The van der Waals surface area contributed by atoms with E-state index >= 15 is 0 Å². The summed E-state index contributed by atoms with van der Waals surface area (Å²) in [6.07, 6.45) is 1.98. The van der Waals surface area contributed by atoms with E-state index in [0.29, 0.717) is 0 Å². The van der Waals surface area contributed by atoms with E-state index in [1.807, 2.05) is 17.8 Å². The molecule has 4 heteroatoms. The van der Waals surface area contributed by atoms with Crippen molar-refractivity contribution in [2.75, 3.05) is 7.11 Å².